The number of benzene rings is 2. The largest absolute Gasteiger partial charge is 0.224 e. The molecule has 1 atom stereocenters. The second-order valence-corrected chi connectivity index (χ2v) is 7.28. The van der Waals surface area contributed by atoms with Gasteiger partial charge in [-0.1, -0.05) is 12.1 Å². The topological polar surface area (TPSA) is 34.1 Å². The van der Waals surface area contributed by atoms with E-state index in [1.54, 1.807) is 0 Å². The Balaban J connectivity index is 2.41. The van der Waals surface area contributed by atoms with Gasteiger partial charge in [0.2, 0.25) is 0 Å². The number of sulfone groups is 1. The maximum atomic E-state index is 13.8. The summed E-state index contributed by atoms with van der Waals surface area (Å²) in [5.41, 5.74) is 0.987. The van der Waals surface area contributed by atoms with Crippen molar-refractivity contribution in [1.29, 1.82) is 0 Å². The Bertz CT molecular complexity index is 771. The first-order valence-electron chi connectivity index (χ1n) is 6.10. The normalized spacial score (nSPS) is 13.2. The van der Waals surface area contributed by atoms with Crippen LogP contribution >= 0.6 is 11.6 Å². The zero-order chi connectivity index (χ0) is 15.8. The molecule has 1 unspecified atom stereocenters. The van der Waals surface area contributed by atoms with Gasteiger partial charge in [-0.2, -0.15) is 0 Å². The highest BCUT2D eigenvalue weighted by Crippen LogP contribution is 2.32. The molecule has 0 aromatic heterocycles. The number of hydrogen-bond donors (Lipinski definition) is 0. The molecule has 6 heteroatoms. The van der Waals surface area contributed by atoms with Gasteiger partial charge in [0, 0.05) is 17.9 Å². The predicted octanol–water partition coefficient (Wildman–Crippen LogP) is 4.00. The lowest BCUT2D eigenvalue weighted by atomic mass is 10.0. The molecule has 112 valence electrons. The third-order valence-corrected chi connectivity index (χ3v) is 4.77. The summed E-state index contributed by atoms with van der Waals surface area (Å²) in [6.45, 7) is 1.52. The van der Waals surface area contributed by atoms with E-state index in [0.29, 0.717) is 11.1 Å². The molecular weight excluding hydrogens is 318 g/mol. The van der Waals surface area contributed by atoms with Gasteiger partial charge in [-0.05, 0) is 36.2 Å². The summed E-state index contributed by atoms with van der Waals surface area (Å²) < 4.78 is 49.8. The molecule has 21 heavy (non-hydrogen) atoms. The van der Waals surface area contributed by atoms with E-state index in [1.807, 2.05) is 0 Å². The van der Waals surface area contributed by atoms with Crippen molar-refractivity contribution >= 4 is 21.4 Å². The molecule has 2 aromatic rings. The van der Waals surface area contributed by atoms with E-state index >= 15 is 0 Å². The Morgan fingerprint density at radius 3 is 2.14 bits per heavy atom. The molecule has 2 aromatic carbocycles. The van der Waals surface area contributed by atoms with Crippen molar-refractivity contribution in [2.75, 3.05) is 6.26 Å². The molecule has 0 heterocycles. The summed E-state index contributed by atoms with van der Waals surface area (Å²) in [6, 6.07) is 8.01. The molecule has 0 bridgehead atoms. The lowest BCUT2D eigenvalue weighted by molar-refractivity contribution is 0.568. The van der Waals surface area contributed by atoms with Gasteiger partial charge >= 0.3 is 0 Å². The van der Waals surface area contributed by atoms with E-state index in [0.717, 1.165) is 12.3 Å². The van der Waals surface area contributed by atoms with Crippen molar-refractivity contribution in [2.45, 2.75) is 17.2 Å². The summed E-state index contributed by atoms with van der Waals surface area (Å²) in [5, 5.41) is -0.821. The zero-order valence-corrected chi connectivity index (χ0v) is 13.0. The summed E-state index contributed by atoms with van der Waals surface area (Å²) >= 11 is 6.22. The van der Waals surface area contributed by atoms with Gasteiger partial charge < -0.3 is 0 Å². The van der Waals surface area contributed by atoms with E-state index in [4.69, 9.17) is 11.6 Å². The van der Waals surface area contributed by atoms with Gasteiger partial charge in [-0.15, -0.1) is 11.6 Å². The third-order valence-electron chi connectivity index (χ3n) is 3.15. The summed E-state index contributed by atoms with van der Waals surface area (Å²) in [6.07, 6.45) is 1.10. The van der Waals surface area contributed by atoms with Crippen LogP contribution in [0.5, 0.6) is 0 Å². The van der Waals surface area contributed by atoms with Gasteiger partial charge in [-0.25, -0.2) is 17.2 Å². The quantitative estimate of drug-likeness (QED) is 0.797. The monoisotopic (exact) mass is 330 g/mol. The minimum atomic E-state index is -3.30. The van der Waals surface area contributed by atoms with Crippen molar-refractivity contribution < 1.29 is 17.2 Å². The zero-order valence-electron chi connectivity index (χ0n) is 11.4. The Hall–Kier alpha value is -1.46. The average Bonchev–Trinajstić information content (AvgIpc) is 2.41. The SMILES string of the molecule is Cc1cc(C(Cl)c2ccc(S(C)(=O)=O)cc2)c(F)cc1F. The van der Waals surface area contributed by atoms with Crippen molar-refractivity contribution in [3.8, 4) is 0 Å². The summed E-state index contributed by atoms with van der Waals surface area (Å²) in [5.74, 6) is -1.36. The molecule has 2 nitrogen and oxygen atoms in total. The standard InChI is InChI=1S/C15H13ClF2O2S/c1-9-7-12(14(18)8-13(9)17)15(16)10-3-5-11(6-4-10)21(2,19)20/h3-8,15H,1-2H3. The van der Waals surface area contributed by atoms with Crippen molar-refractivity contribution in [2.24, 2.45) is 0 Å². The highest BCUT2D eigenvalue weighted by molar-refractivity contribution is 7.90. The third kappa shape index (κ3) is 3.41. The Morgan fingerprint density at radius 2 is 1.62 bits per heavy atom. The van der Waals surface area contributed by atoms with Crippen LogP contribution < -0.4 is 0 Å². The predicted molar refractivity (Wildman–Crippen MR) is 78.3 cm³/mol. The van der Waals surface area contributed by atoms with Crippen LogP contribution in [0.15, 0.2) is 41.3 Å². The van der Waals surface area contributed by atoms with Crippen LogP contribution in [0.3, 0.4) is 0 Å². The highest BCUT2D eigenvalue weighted by atomic mass is 35.5. The number of halogens is 3. The van der Waals surface area contributed by atoms with Crippen LogP contribution in [0.2, 0.25) is 0 Å². The van der Waals surface area contributed by atoms with Gasteiger partial charge in [-0.3, -0.25) is 0 Å². The van der Waals surface area contributed by atoms with Crippen LogP contribution in [-0.2, 0) is 9.84 Å². The minimum Gasteiger partial charge on any atom is -0.224 e. The molecule has 0 aliphatic heterocycles. The Kier molecular flexibility index (Phi) is 4.35. The van der Waals surface area contributed by atoms with Gasteiger partial charge in [0.25, 0.3) is 0 Å². The molecule has 0 fully saturated rings. The fourth-order valence-electron chi connectivity index (χ4n) is 1.94. The van der Waals surface area contributed by atoms with E-state index in [9.17, 15) is 17.2 Å². The van der Waals surface area contributed by atoms with E-state index in [-0.39, 0.29) is 10.5 Å². The first-order valence-corrected chi connectivity index (χ1v) is 8.42. The van der Waals surface area contributed by atoms with Crippen LogP contribution in [0, 0.1) is 18.6 Å². The second-order valence-electron chi connectivity index (χ2n) is 4.83. The van der Waals surface area contributed by atoms with Crippen molar-refractivity contribution in [3.63, 3.8) is 0 Å². The molecule has 0 N–H and O–H groups in total. The van der Waals surface area contributed by atoms with E-state index in [2.05, 4.69) is 0 Å². The first kappa shape index (κ1) is 15.9. The maximum Gasteiger partial charge on any atom is 0.175 e. The average molecular weight is 331 g/mol. The van der Waals surface area contributed by atoms with E-state index < -0.39 is 26.8 Å². The summed E-state index contributed by atoms with van der Waals surface area (Å²) in [7, 11) is -3.30. The Morgan fingerprint density at radius 1 is 1.05 bits per heavy atom. The second kappa shape index (κ2) is 5.73. The highest BCUT2D eigenvalue weighted by Gasteiger charge is 2.18. The summed E-state index contributed by atoms with van der Waals surface area (Å²) in [4.78, 5) is 0.158. The van der Waals surface area contributed by atoms with Gasteiger partial charge in [0.05, 0.1) is 10.3 Å². The molecule has 0 amide bonds. The Labute approximate surface area is 127 Å². The minimum absolute atomic E-state index is 0.155. The molecule has 0 radical (unpaired) electrons. The smallest absolute Gasteiger partial charge is 0.175 e. The van der Waals surface area contributed by atoms with Crippen LogP contribution in [0.25, 0.3) is 0 Å². The molecule has 0 aliphatic rings. The van der Waals surface area contributed by atoms with E-state index in [1.165, 1.54) is 37.3 Å². The number of rotatable bonds is 3. The molecule has 0 saturated heterocycles. The van der Waals surface area contributed by atoms with Crippen LogP contribution in [0.1, 0.15) is 22.1 Å². The lowest BCUT2D eigenvalue weighted by Gasteiger charge is -2.13. The van der Waals surface area contributed by atoms with Crippen LogP contribution in [0.4, 0.5) is 8.78 Å². The fourth-order valence-corrected chi connectivity index (χ4v) is 2.88. The first-order chi connectivity index (χ1) is 9.70. The maximum absolute atomic E-state index is 13.8. The molecule has 0 saturated carbocycles. The molecule has 0 spiro atoms. The van der Waals surface area contributed by atoms with Crippen molar-refractivity contribution in [1.82, 2.24) is 0 Å². The van der Waals surface area contributed by atoms with Gasteiger partial charge in [0.1, 0.15) is 11.6 Å². The van der Waals surface area contributed by atoms with Gasteiger partial charge in [0.15, 0.2) is 9.84 Å². The number of alkyl halides is 1. The molecule has 0 aliphatic carbocycles. The fraction of sp³-hybridized carbons (Fsp3) is 0.200. The van der Waals surface area contributed by atoms with Crippen LogP contribution in [-0.4, -0.2) is 14.7 Å². The lowest BCUT2D eigenvalue weighted by Crippen LogP contribution is -2.01. The molecule has 2 rings (SSSR count). The number of aryl methyl sites for hydroxylation is 1. The van der Waals surface area contributed by atoms with Crippen molar-refractivity contribution in [3.05, 3.63) is 64.7 Å². The molecular formula is C15H13ClF2O2S. The number of hydrogen-bond acceptors (Lipinski definition) is 2.